The van der Waals surface area contributed by atoms with E-state index in [0.717, 1.165) is 30.8 Å². The zero-order valence-corrected chi connectivity index (χ0v) is 18.5. The topological polar surface area (TPSA) is 138 Å². The van der Waals surface area contributed by atoms with Crippen molar-refractivity contribution in [2.75, 3.05) is 20.7 Å². The van der Waals surface area contributed by atoms with Gasteiger partial charge in [0.25, 0.3) is 0 Å². The zero-order valence-electron chi connectivity index (χ0n) is 18.5. The molecule has 0 bridgehead atoms. The number of hydrogen-bond acceptors (Lipinski definition) is 9. The van der Waals surface area contributed by atoms with Crippen molar-refractivity contribution in [3.8, 4) is 11.5 Å². The normalized spacial score (nSPS) is 39.8. The molecule has 1 aromatic carbocycles. The van der Waals surface area contributed by atoms with E-state index in [-0.39, 0.29) is 11.5 Å². The Morgan fingerprint density at radius 3 is 2.73 bits per heavy atom. The number of carboxylic acids is 1. The maximum absolute atomic E-state index is 11.4. The summed E-state index contributed by atoms with van der Waals surface area (Å²) in [4.78, 5) is 13.7. The average Bonchev–Trinajstić information content (AvgIpc) is 3.05. The molecular weight excluding hydrogens is 434 g/mol. The van der Waals surface area contributed by atoms with Crippen molar-refractivity contribution in [3.05, 3.63) is 35.4 Å². The molecule has 1 spiro atoms. The number of carbonyl (C=O) groups is 1. The van der Waals surface area contributed by atoms with E-state index in [4.69, 9.17) is 18.9 Å². The van der Waals surface area contributed by atoms with Crippen LogP contribution in [0.2, 0.25) is 0 Å². The smallest absolute Gasteiger partial charge is 0.335 e. The number of hydrogen-bond donors (Lipinski definition) is 4. The SMILES string of the molecule is COc1ccc2c3c1O[C@H]1C[C@@H](O[C@H]4O[C@H](C(=O)O)[C@H](O)[C@@H](O)[C@H]4O)C=C[C@@]31CCN(C)C2. The Morgan fingerprint density at radius 2 is 2.00 bits per heavy atom. The van der Waals surface area contributed by atoms with Gasteiger partial charge < -0.3 is 44.3 Å². The van der Waals surface area contributed by atoms with Crippen LogP contribution in [0.4, 0.5) is 0 Å². The van der Waals surface area contributed by atoms with Crippen molar-refractivity contribution in [2.45, 2.75) is 67.7 Å². The van der Waals surface area contributed by atoms with Gasteiger partial charge in [-0.2, -0.15) is 0 Å². The first-order chi connectivity index (χ1) is 15.7. The number of aliphatic hydroxyl groups is 3. The lowest BCUT2D eigenvalue weighted by atomic mass is 9.69. The minimum atomic E-state index is -1.76. The highest BCUT2D eigenvalue weighted by molar-refractivity contribution is 5.73. The van der Waals surface area contributed by atoms with E-state index < -0.39 is 42.8 Å². The lowest BCUT2D eigenvalue weighted by Crippen LogP contribution is -2.61. The standard InChI is InChI=1S/C23H29NO9/c1-24-8-7-23-6-5-12(31-22-18(27)16(25)17(26)20(33-22)21(28)29)9-14(23)32-19-13(30-2)4-3-11(10-24)15(19)23/h3-6,12,14,16-18,20,22,25-27H,7-10H2,1-2H3,(H,28,29)/t12-,14-,16+,17+,18+,20-,22-,23-/m0/s1. The molecule has 0 amide bonds. The monoisotopic (exact) mass is 463 g/mol. The van der Waals surface area contributed by atoms with E-state index in [1.54, 1.807) is 7.11 Å². The molecule has 8 atom stereocenters. The molecule has 1 aliphatic carbocycles. The number of methoxy groups -OCH3 is 1. The number of nitrogens with zero attached hydrogens (tertiary/aromatic N) is 1. The fraction of sp³-hybridized carbons (Fsp3) is 0.609. The van der Waals surface area contributed by atoms with E-state index >= 15 is 0 Å². The molecule has 0 unspecified atom stereocenters. The summed E-state index contributed by atoms with van der Waals surface area (Å²) in [6.45, 7) is 1.68. The first-order valence-corrected chi connectivity index (χ1v) is 11.1. The number of rotatable bonds is 4. The Hall–Kier alpha value is -2.21. The summed E-state index contributed by atoms with van der Waals surface area (Å²) in [5, 5.41) is 39.6. The van der Waals surface area contributed by atoms with E-state index in [2.05, 4.69) is 24.1 Å². The third-order valence-corrected chi connectivity index (χ3v) is 7.25. The largest absolute Gasteiger partial charge is 0.493 e. The Kier molecular flexibility index (Phi) is 5.63. The second-order valence-electron chi connectivity index (χ2n) is 9.27. The second-order valence-corrected chi connectivity index (χ2v) is 9.27. The molecule has 1 aromatic rings. The molecule has 5 rings (SSSR count). The molecule has 10 nitrogen and oxygen atoms in total. The van der Waals surface area contributed by atoms with Gasteiger partial charge in [-0.15, -0.1) is 0 Å². The summed E-state index contributed by atoms with van der Waals surface area (Å²) in [5.41, 5.74) is 1.96. The molecule has 33 heavy (non-hydrogen) atoms. The van der Waals surface area contributed by atoms with Gasteiger partial charge in [0.1, 0.15) is 24.4 Å². The molecular formula is C23H29NO9. The molecule has 1 fully saturated rings. The predicted molar refractivity (Wildman–Crippen MR) is 113 cm³/mol. The average molecular weight is 463 g/mol. The van der Waals surface area contributed by atoms with Crippen LogP contribution in [0.5, 0.6) is 11.5 Å². The molecule has 4 N–H and O–H groups in total. The van der Waals surface area contributed by atoms with E-state index in [0.29, 0.717) is 12.2 Å². The highest BCUT2D eigenvalue weighted by Gasteiger charge is 2.54. The Bertz CT molecular complexity index is 967. The Labute approximate surface area is 190 Å². The summed E-state index contributed by atoms with van der Waals surface area (Å²) in [5.74, 6) is -0.0404. The van der Waals surface area contributed by atoms with Crippen LogP contribution >= 0.6 is 0 Å². The summed E-state index contributed by atoms with van der Waals surface area (Å²) >= 11 is 0. The molecule has 0 aromatic heterocycles. The zero-order chi connectivity index (χ0) is 23.5. The van der Waals surface area contributed by atoms with E-state index in [1.807, 2.05) is 12.1 Å². The Morgan fingerprint density at radius 1 is 1.21 bits per heavy atom. The van der Waals surface area contributed by atoms with Gasteiger partial charge in [0.15, 0.2) is 23.9 Å². The van der Waals surface area contributed by atoms with Crippen LogP contribution < -0.4 is 9.47 Å². The highest BCUT2D eigenvalue weighted by Crippen LogP contribution is 2.56. The number of carboxylic acid groups (broad SMARTS) is 1. The quantitative estimate of drug-likeness (QED) is 0.443. The first-order valence-electron chi connectivity index (χ1n) is 11.1. The van der Waals surface area contributed by atoms with Crippen molar-refractivity contribution in [3.63, 3.8) is 0 Å². The van der Waals surface area contributed by atoms with Crippen molar-refractivity contribution in [1.82, 2.24) is 4.90 Å². The van der Waals surface area contributed by atoms with E-state index in [9.17, 15) is 25.2 Å². The van der Waals surface area contributed by atoms with Gasteiger partial charge in [0, 0.05) is 18.5 Å². The molecule has 0 saturated carbocycles. The van der Waals surface area contributed by atoms with Gasteiger partial charge in [-0.05, 0) is 31.6 Å². The van der Waals surface area contributed by atoms with Crippen LogP contribution in [0.3, 0.4) is 0 Å². The molecule has 1 saturated heterocycles. The molecule has 0 radical (unpaired) electrons. The number of aliphatic carboxylic acids is 1. The van der Waals surface area contributed by atoms with Crippen LogP contribution in [0, 0.1) is 0 Å². The second kappa shape index (κ2) is 8.23. The fourth-order valence-corrected chi connectivity index (χ4v) is 5.50. The molecule has 3 heterocycles. The minimum Gasteiger partial charge on any atom is -0.493 e. The van der Waals surface area contributed by atoms with Gasteiger partial charge in [0.05, 0.1) is 18.6 Å². The predicted octanol–water partition coefficient (Wildman–Crippen LogP) is -0.233. The van der Waals surface area contributed by atoms with Gasteiger partial charge >= 0.3 is 5.97 Å². The van der Waals surface area contributed by atoms with Crippen molar-refractivity contribution in [1.29, 1.82) is 0 Å². The Balaban J connectivity index is 1.42. The van der Waals surface area contributed by atoms with Crippen molar-refractivity contribution >= 4 is 5.97 Å². The summed E-state index contributed by atoms with van der Waals surface area (Å²) in [6, 6.07) is 4.00. The molecule has 4 aliphatic rings. The minimum absolute atomic E-state index is 0.254. The van der Waals surface area contributed by atoms with Crippen LogP contribution in [0.25, 0.3) is 0 Å². The first kappa shape index (κ1) is 22.6. The van der Waals surface area contributed by atoms with Crippen molar-refractivity contribution in [2.24, 2.45) is 0 Å². The summed E-state index contributed by atoms with van der Waals surface area (Å²) < 4.78 is 23.2. The number of benzene rings is 1. The van der Waals surface area contributed by atoms with Crippen LogP contribution in [0.15, 0.2) is 24.3 Å². The number of aliphatic hydroxyl groups excluding tert-OH is 3. The number of ether oxygens (including phenoxy) is 4. The third-order valence-electron chi connectivity index (χ3n) is 7.25. The van der Waals surface area contributed by atoms with Gasteiger partial charge in [-0.3, -0.25) is 0 Å². The maximum Gasteiger partial charge on any atom is 0.335 e. The summed E-state index contributed by atoms with van der Waals surface area (Å²) in [6.07, 6.45) is -3.76. The summed E-state index contributed by atoms with van der Waals surface area (Å²) in [7, 11) is 3.70. The highest BCUT2D eigenvalue weighted by atomic mass is 16.7. The molecule has 3 aliphatic heterocycles. The fourth-order valence-electron chi connectivity index (χ4n) is 5.50. The third kappa shape index (κ3) is 3.52. The van der Waals surface area contributed by atoms with Crippen LogP contribution in [-0.2, 0) is 26.2 Å². The molecule has 180 valence electrons. The van der Waals surface area contributed by atoms with Crippen molar-refractivity contribution < 1.29 is 44.2 Å². The van der Waals surface area contributed by atoms with E-state index in [1.165, 1.54) is 5.56 Å². The van der Waals surface area contributed by atoms with Crippen LogP contribution in [0.1, 0.15) is 24.0 Å². The lowest BCUT2D eigenvalue weighted by Gasteiger charge is -2.42. The maximum atomic E-state index is 11.4. The van der Waals surface area contributed by atoms with Gasteiger partial charge in [-0.25, -0.2) is 4.79 Å². The van der Waals surface area contributed by atoms with Gasteiger partial charge in [-0.1, -0.05) is 18.2 Å². The van der Waals surface area contributed by atoms with Crippen LogP contribution in [-0.4, -0.2) is 94.9 Å². The lowest BCUT2D eigenvalue weighted by molar-refractivity contribution is -0.302. The molecule has 10 heteroatoms. The van der Waals surface area contributed by atoms with Gasteiger partial charge in [0.2, 0.25) is 0 Å².